The van der Waals surface area contributed by atoms with Gasteiger partial charge in [-0.3, -0.25) is 9.59 Å². The van der Waals surface area contributed by atoms with Gasteiger partial charge in [0.25, 0.3) is 0 Å². The van der Waals surface area contributed by atoms with E-state index in [0.717, 1.165) is 13.0 Å². The Morgan fingerprint density at radius 3 is 2.43 bits per heavy atom. The molecule has 1 aliphatic rings. The second kappa shape index (κ2) is 8.31. The molecule has 0 bridgehead atoms. The van der Waals surface area contributed by atoms with Crippen molar-refractivity contribution in [3.8, 4) is 5.75 Å². The molecule has 0 aromatic heterocycles. The number of likely N-dealkylation sites (tertiary alicyclic amines) is 1. The lowest BCUT2D eigenvalue weighted by Gasteiger charge is -2.22. The number of ketones is 1. The van der Waals surface area contributed by atoms with E-state index in [1.54, 1.807) is 31.4 Å². The van der Waals surface area contributed by atoms with Crippen LogP contribution < -0.4 is 10.5 Å². The summed E-state index contributed by atoms with van der Waals surface area (Å²) >= 11 is 0. The van der Waals surface area contributed by atoms with Gasteiger partial charge >= 0.3 is 0 Å². The van der Waals surface area contributed by atoms with Crippen molar-refractivity contribution in [2.75, 3.05) is 26.7 Å². The van der Waals surface area contributed by atoms with Crippen molar-refractivity contribution in [3.05, 3.63) is 29.8 Å². The summed E-state index contributed by atoms with van der Waals surface area (Å²) in [4.78, 5) is 26.1. The number of Topliss-reactive ketones (excluding diaryl/α,β-unsaturated/α-hetero) is 1. The molecule has 1 saturated heterocycles. The molecular weight excluding hydrogens is 316 g/mol. The molecule has 0 aliphatic carbocycles. The fraction of sp³-hybridized carbons (Fsp3) is 0.529. The number of methoxy groups -OCH3 is 1. The molecule has 1 heterocycles. The van der Waals surface area contributed by atoms with Gasteiger partial charge in [-0.05, 0) is 42.6 Å². The Hall–Kier alpha value is -1.59. The van der Waals surface area contributed by atoms with E-state index in [1.807, 2.05) is 4.90 Å². The first-order chi connectivity index (χ1) is 10.5. The van der Waals surface area contributed by atoms with E-state index in [0.29, 0.717) is 24.4 Å². The zero-order chi connectivity index (χ0) is 16.2. The van der Waals surface area contributed by atoms with Crippen LogP contribution in [0.2, 0.25) is 0 Å². The Bertz CT molecular complexity index is 547. The van der Waals surface area contributed by atoms with Crippen molar-refractivity contribution in [3.63, 3.8) is 0 Å². The first kappa shape index (κ1) is 19.5. The Morgan fingerprint density at radius 1 is 1.26 bits per heavy atom. The second-order valence-corrected chi connectivity index (χ2v) is 6.23. The Kier molecular flexibility index (Phi) is 7.03. The number of nitrogens with zero attached hydrogens (tertiary/aromatic N) is 1. The van der Waals surface area contributed by atoms with Crippen molar-refractivity contribution >= 4 is 24.1 Å². The van der Waals surface area contributed by atoms with Crippen LogP contribution in [0.5, 0.6) is 5.75 Å². The average Bonchev–Trinajstić information content (AvgIpc) is 2.95. The SMILES string of the molecule is COc1ccc(C(=O)CCC(=O)N2CCC(C)(CN)C2)cc1.Cl. The lowest BCUT2D eigenvalue weighted by atomic mass is 9.90. The van der Waals surface area contributed by atoms with Gasteiger partial charge in [-0.1, -0.05) is 6.92 Å². The molecule has 0 spiro atoms. The van der Waals surface area contributed by atoms with Crippen LogP contribution >= 0.6 is 12.4 Å². The average molecular weight is 341 g/mol. The summed E-state index contributed by atoms with van der Waals surface area (Å²) in [5.41, 5.74) is 6.39. The maximum atomic E-state index is 12.2. The summed E-state index contributed by atoms with van der Waals surface area (Å²) in [6.45, 7) is 4.12. The molecule has 2 N–H and O–H groups in total. The number of amides is 1. The molecule has 23 heavy (non-hydrogen) atoms. The Morgan fingerprint density at radius 2 is 1.91 bits per heavy atom. The molecule has 6 heteroatoms. The molecule has 1 aliphatic heterocycles. The third-order valence-electron chi connectivity index (χ3n) is 4.38. The molecule has 1 unspecified atom stereocenters. The van der Waals surface area contributed by atoms with Crippen LogP contribution in [0.3, 0.4) is 0 Å². The number of halogens is 1. The number of rotatable bonds is 6. The molecule has 2 rings (SSSR count). The monoisotopic (exact) mass is 340 g/mol. The van der Waals surface area contributed by atoms with Crippen molar-refractivity contribution in [1.29, 1.82) is 0 Å². The highest BCUT2D eigenvalue weighted by Gasteiger charge is 2.34. The largest absolute Gasteiger partial charge is 0.497 e. The number of carbonyl (C=O) groups excluding carboxylic acids is 2. The van der Waals surface area contributed by atoms with Gasteiger partial charge in [-0.2, -0.15) is 0 Å². The molecule has 1 aromatic carbocycles. The number of hydrogen-bond acceptors (Lipinski definition) is 4. The van der Waals surface area contributed by atoms with Gasteiger partial charge in [0.05, 0.1) is 7.11 Å². The van der Waals surface area contributed by atoms with Crippen molar-refractivity contribution in [2.24, 2.45) is 11.1 Å². The quantitative estimate of drug-likeness (QED) is 0.806. The predicted molar refractivity (Wildman–Crippen MR) is 92.2 cm³/mol. The molecule has 5 nitrogen and oxygen atoms in total. The molecule has 1 amide bonds. The van der Waals surface area contributed by atoms with Gasteiger partial charge in [0.2, 0.25) is 5.91 Å². The van der Waals surface area contributed by atoms with Gasteiger partial charge in [-0.15, -0.1) is 12.4 Å². The van der Waals surface area contributed by atoms with E-state index in [1.165, 1.54) is 0 Å². The summed E-state index contributed by atoms with van der Waals surface area (Å²) in [5, 5.41) is 0. The van der Waals surface area contributed by atoms with E-state index in [9.17, 15) is 9.59 Å². The molecule has 128 valence electrons. The molecule has 1 aromatic rings. The zero-order valence-electron chi connectivity index (χ0n) is 13.7. The lowest BCUT2D eigenvalue weighted by Crippen LogP contribution is -2.34. The highest BCUT2D eigenvalue weighted by molar-refractivity contribution is 5.98. The van der Waals surface area contributed by atoms with E-state index >= 15 is 0 Å². The first-order valence-corrected chi connectivity index (χ1v) is 7.62. The van der Waals surface area contributed by atoms with Crippen molar-refractivity contribution < 1.29 is 14.3 Å². The highest BCUT2D eigenvalue weighted by atomic mass is 35.5. The van der Waals surface area contributed by atoms with Crippen LogP contribution in [-0.4, -0.2) is 43.3 Å². The first-order valence-electron chi connectivity index (χ1n) is 7.62. The normalized spacial score (nSPS) is 20.0. The van der Waals surface area contributed by atoms with Crippen LogP contribution in [0.1, 0.15) is 36.5 Å². The zero-order valence-corrected chi connectivity index (χ0v) is 14.5. The summed E-state index contributed by atoms with van der Waals surface area (Å²) in [6, 6.07) is 6.96. The molecule has 0 radical (unpaired) electrons. The van der Waals surface area contributed by atoms with Gasteiger partial charge in [0, 0.05) is 31.5 Å². The molecule has 0 saturated carbocycles. The third-order valence-corrected chi connectivity index (χ3v) is 4.38. The van der Waals surface area contributed by atoms with Crippen molar-refractivity contribution in [1.82, 2.24) is 4.90 Å². The van der Waals surface area contributed by atoms with Gasteiger partial charge in [0.15, 0.2) is 5.78 Å². The number of nitrogens with two attached hydrogens (primary N) is 1. The molecular formula is C17H25ClN2O3. The molecule has 1 fully saturated rings. The van der Waals surface area contributed by atoms with Crippen LogP contribution in [0.25, 0.3) is 0 Å². The molecule has 1 atom stereocenters. The van der Waals surface area contributed by atoms with Gasteiger partial charge < -0.3 is 15.4 Å². The minimum atomic E-state index is -0.0169. The number of benzene rings is 1. The standard InChI is InChI=1S/C17H24N2O3.ClH/c1-17(11-18)9-10-19(12-17)16(21)8-7-15(20)13-3-5-14(22-2)6-4-13;/h3-6H,7-12,18H2,1-2H3;1H. The number of ether oxygens (including phenoxy) is 1. The summed E-state index contributed by atoms with van der Waals surface area (Å²) < 4.78 is 5.06. The van der Waals surface area contributed by atoms with Crippen LogP contribution in [-0.2, 0) is 4.79 Å². The van der Waals surface area contributed by atoms with Gasteiger partial charge in [-0.25, -0.2) is 0 Å². The minimum Gasteiger partial charge on any atom is -0.497 e. The van der Waals surface area contributed by atoms with Crippen molar-refractivity contribution in [2.45, 2.75) is 26.2 Å². The fourth-order valence-corrected chi connectivity index (χ4v) is 2.70. The topological polar surface area (TPSA) is 72.6 Å². The maximum absolute atomic E-state index is 12.2. The predicted octanol–water partition coefficient (Wildman–Crippen LogP) is 2.28. The summed E-state index contributed by atoms with van der Waals surface area (Å²) in [7, 11) is 1.58. The Labute approximate surface area is 143 Å². The van der Waals surface area contributed by atoms with E-state index in [2.05, 4.69) is 6.92 Å². The smallest absolute Gasteiger partial charge is 0.223 e. The number of hydrogen-bond donors (Lipinski definition) is 1. The van der Waals surface area contributed by atoms with E-state index < -0.39 is 0 Å². The third kappa shape index (κ3) is 4.94. The number of carbonyl (C=O) groups is 2. The minimum absolute atomic E-state index is 0. The van der Waals surface area contributed by atoms with Crippen LogP contribution in [0.15, 0.2) is 24.3 Å². The Balaban J connectivity index is 0.00000264. The highest BCUT2D eigenvalue weighted by Crippen LogP contribution is 2.29. The fourth-order valence-electron chi connectivity index (χ4n) is 2.70. The summed E-state index contributed by atoms with van der Waals surface area (Å²) in [5.74, 6) is 0.738. The van der Waals surface area contributed by atoms with Crippen LogP contribution in [0.4, 0.5) is 0 Å². The lowest BCUT2D eigenvalue weighted by molar-refractivity contribution is -0.130. The van der Waals surface area contributed by atoms with Gasteiger partial charge in [0.1, 0.15) is 5.75 Å². The maximum Gasteiger partial charge on any atom is 0.223 e. The van der Waals surface area contributed by atoms with Crippen LogP contribution in [0, 0.1) is 5.41 Å². The summed E-state index contributed by atoms with van der Waals surface area (Å²) in [6.07, 6.45) is 1.42. The van der Waals surface area contributed by atoms with E-state index in [4.69, 9.17) is 10.5 Å². The van der Waals surface area contributed by atoms with E-state index in [-0.39, 0.29) is 42.4 Å². The second-order valence-electron chi connectivity index (χ2n) is 6.23.